The third-order valence-electron chi connectivity index (χ3n) is 21.2. The summed E-state index contributed by atoms with van der Waals surface area (Å²) >= 11 is 1.58. The molecule has 4 aliphatic carbocycles. The molecule has 5 fully saturated rings. The minimum atomic E-state index is -1.02. The van der Waals surface area contributed by atoms with Gasteiger partial charge in [0.25, 0.3) is 17.7 Å². The maximum atomic E-state index is 14.4. The number of quaternary nitrogens is 1. The summed E-state index contributed by atoms with van der Waals surface area (Å²) in [6, 6.07) is 17.2. The molecule has 0 spiro atoms. The number of rotatable bonds is 30. The van der Waals surface area contributed by atoms with Crippen molar-refractivity contribution in [1.29, 1.82) is 0 Å². The second-order valence-electron chi connectivity index (χ2n) is 30.4. The Morgan fingerprint density at radius 2 is 1.53 bits per heavy atom. The van der Waals surface area contributed by atoms with Crippen LogP contribution in [0.3, 0.4) is 0 Å². The first kappa shape index (κ1) is 71.1. The third-order valence-corrected chi connectivity index (χ3v) is 22.1. The number of hydrogen-bond donors (Lipinski definition) is 7. The Bertz CT molecular complexity index is 4040. The summed E-state index contributed by atoms with van der Waals surface area (Å²) in [6.07, 6.45) is 15.1. The molecule has 8 amide bonds. The first-order valence-corrected chi connectivity index (χ1v) is 36.4. The van der Waals surface area contributed by atoms with Crippen molar-refractivity contribution in [2.45, 2.75) is 176 Å². The summed E-state index contributed by atoms with van der Waals surface area (Å²) in [5.41, 5.74) is 12.9. The number of carbonyl (C=O) groups is 7. The number of ether oxygens (including phenoxy) is 2. The Labute approximate surface area is 588 Å². The van der Waals surface area contributed by atoms with Crippen LogP contribution in [0.2, 0.25) is 0 Å². The van der Waals surface area contributed by atoms with Crippen molar-refractivity contribution >= 4 is 91.3 Å². The molecule has 4 aromatic heterocycles. The fourth-order valence-corrected chi connectivity index (χ4v) is 18.6. The molecule has 6 atom stereocenters. The van der Waals surface area contributed by atoms with Gasteiger partial charge in [0.1, 0.15) is 36.7 Å². The molecule has 100 heavy (non-hydrogen) atoms. The van der Waals surface area contributed by atoms with E-state index in [0.717, 1.165) is 155 Å². The summed E-state index contributed by atoms with van der Waals surface area (Å²) in [5.74, 6) is -0.836. The molecule has 3 aliphatic heterocycles. The number of carbonyl (C=O) groups excluding carboxylic acids is 7. The maximum absolute atomic E-state index is 14.4. The molecule has 7 aliphatic rings. The zero-order valence-electron chi connectivity index (χ0n) is 59.0. The molecule has 13 rings (SSSR count). The average Bonchev–Trinajstić information content (AvgIpc) is 0.904. The quantitative estimate of drug-likeness (QED) is 0.0125. The standard InChI is InChI=1S/C74H96N16O9S/c1-46(2)62(83-59(91)27-34-98-35-30-88-60(92)25-26-61(88)93)67(95)80-56(17-13-28-76-69(75)97)66(94)79-51-21-19-50(20-22-51)38-90(31-11-12-32-90)33-36-99-74-42-71(7)39-72(8,43-74)41-73(40-71,44-74)45-89-49(6)54(37-77-89)53-23-24-58(82-63(53)68(96)78-47(3)4)87-29-14-15-52-48(5)64(85-86-65(52)87)84-70-81-55-16-9-10-18-57(55)100-70/h9-10,16,18-26,37,46-47,56,62H,11-15,17,27-36,38-45H2,1-8H3,(H7-,75,76,78,79,80,81,83,84,85,91,94,95,96,97)/p+1/t56-,62-,71-,72+,73?,74?/m0/s1. The highest BCUT2D eigenvalue weighted by molar-refractivity contribution is 7.22. The SMILES string of the molecule is Cc1c(Nc2nc3ccccc3s2)nnc2c1CCCN2c1ccc(-c2cnn(CC34CC5(OCC[N+]6(Cc7ccc(NC(=O)[C@H](CCCNC(N)=O)NC(=O)[C@@H](NC(=O)CCOCCN8C(=O)C=CC8=O)C(C)C)cc7)CCCC6)C[C@](C)(C3)C[C@](C)(C4)C5)c2C)c(C(=O)NC(C)C)n1. The summed E-state index contributed by atoms with van der Waals surface area (Å²) < 4.78 is 17.2. The molecule has 6 aromatic rings. The first-order chi connectivity index (χ1) is 47.8. The van der Waals surface area contributed by atoms with E-state index in [1.807, 2.05) is 62.5 Å². The molecule has 2 aromatic carbocycles. The van der Waals surface area contributed by atoms with Gasteiger partial charge in [-0.15, -0.1) is 10.2 Å². The van der Waals surface area contributed by atoms with Gasteiger partial charge >= 0.3 is 6.03 Å². The first-order valence-electron chi connectivity index (χ1n) is 35.5. The summed E-state index contributed by atoms with van der Waals surface area (Å²) in [4.78, 5) is 104. The Kier molecular flexibility index (Phi) is 21.0. The number of nitrogens with one attached hydrogen (secondary N) is 6. The molecule has 1 saturated heterocycles. The number of benzene rings is 2. The van der Waals surface area contributed by atoms with Crippen molar-refractivity contribution in [3.05, 3.63) is 107 Å². The fraction of sp³-hybridized carbons (Fsp3) is 0.541. The van der Waals surface area contributed by atoms with E-state index in [4.69, 9.17) is 40.5 Å². The van der Waals surface area contributed by atoms with Crippen molar-refractivity contribution in [3.8, 4) is 11.1 Å². The number of hydrogen-bond acceptors (Lipinski definition) is 17. The largest absolute Gasteiger partial charge is 0.379 e. The van der Waals surface area contributed by atoms with Crippen molar-refractivity contribution in [1.82, 2.24) is 56.1 Å². The van der Waals surface area contributed by atoms with Crippen LogP contribution in [0.4, 0.5) is 33.1 Å². The monoisotopic (exact) mass is 1390 g/mol. The lowest BCUT2D eigenvalue weighted by Gasteiger charge is -2.69. The highest BCUT2D eigenvalue weighted by Gasteiger charge is 2.66. The van der Waals surface area contributed by atoms with Crippen LogP contribution in [-0.4, -0.2) is 164 Å². The van der Waals surface area contributed by atoms with Gasteiger partial charge in [-0.05, 0) is 150 Å². The lowest BCUT2D eigenvalue weighted by Crippen LogP contribution is -2.64. The summed E-state index contributed by atoms with van der Waals surface area (Å²) in [7, 11) is 0. The fourth-order valence-electron chi connectivity index (χ4n) is 17.7. The van der Waals surface area contributed by atoms with Gasteiger partial charge in [0.05, 0.1) is 61.5 Å². The molecule has 7 heterocycles. The zero-order valence-corrected chi connectivity index (χ0v) is 59.8. The van der Waals surface area contributed by atoms with Crippen molar-refractivity contribution in [2.24, 2.45) is 27.9 Å². The van der Waals surface area contributed by atoms with Crippen LogP contribution >= 0.6 is 11.3 Å². The van der Waals surface area contributed by atoms with Crippen LogP contribution < -0.4 is 42.5 Å². The van der Waals surface area contributed by atoms with E-state index in [-0.39, 0.29) is 78.9 Å². The van der Waals surface area contributed by atoms with E-state index in [1.54, 1.807) is 25.2 Å². The van der Waals surface area contributed by atoms with Crippen LogP contribution in [0, 0.1) is 36.0 Å². The van der Waals surface area contributed by atoms with Crippen LogP contribution in [0.1, 0.15) is 151 Å². The number of fused-ring (bicyclic) bond motifs is 2. The van der Waals surface area contributed by atoms with Crippen LogP contribution in [-0.2, 0) is 53.0 Å². The molecule has 532 valence electrons. The molecular formula is C74H97N16O9S+. The molecule has 2 unspecified atom stereocenters. The Hall–Kier alpha value is -8.72. The maximum Gasteiger partial charge on any atom is 0.312 e. The molecule has 8 N–H and O–H groups in total. The Morgan fingerprint density at radius 3 is 2.24 bits per heavy atom. The van der Waals surface area contributed by atoms with Gasteiger partial charge in [0, 0.05) is 96.3 Å². The number of amides is 8. The predicted molar refractivity (Wildman–Crippen MR) is 383 cm³/mol. The second-order valence-corrected chi connectivity index (χ2v) is 31.5. The van der Waals surface area contributed by atoms with E-state index in [1.165, 1.54) is 18.6 Å². The van der Waals surface area contributed by atoms with Crippen LogP contribution in [0.5, 0.6) is 0 Å². The lowest BCUT2D eigenvalue weighted by molar-refractivity contribution is -0.930. The molecular weight excluding hydrogens is 1290 g/mol. The van der Waals surface area contributed by atoms with Crippen molar-refractivity contribution in [3.63, 3.8) is 0 Å². The lowest BCUT2D eigenvalue weighted by atomic mass is 9.39. The van der Waals surface area contributed by atoms with Gasteiger partial charge in [0.15, 0.2) is 16.8 Å². The third kappa shape index (κ3) is 16.0. The van der Waals surface area contributed by atoms with E-state index >= 15 is 0 Å². The number of nitrogens with zero attached hydrogens (tertiary/aromatic N) is 9. The molecule has 25 nitrogen and oxygen atoms in total. The van der Waals surface area contributed by atoms with Gasteiger partial charge in [-0.2, -0.15) is 5.10 Å². The van der Waals surface area contributed by atoms with Crippen LogP contribution in [0.25, 0.3) is 21.3 Å². The van der Waals surface area contributed by atoms with Crippen molar-refractivity contribution in [2.75, 3.05) is 74.6 Å². The number of anilines is 5. The smallest absolute Gasteiger partial charge is 0.312 e. The topological polar surface area (TPSA) is 312 Å². The number of imide groups is 1. The van der Waals surface area contributed by atoms with Crippen molar-refractivity contribution < 1.29 is 47.5 Å². The minimum absolute atomic E-state index is 0.00379. The van der Waals surface area contributed by atoms with Gasteiger partial charge in [-0.3, -0.25) is 38.3 Å². The number of likely N-dealkylation sites (tertiary alicyclic amines) is 1. The highest BCUT2D eigenvalue weighted by Crippen LogP contribution is 2.72. The number of para-hydroxylation sites is 1. The normalized spacial score (nSPS) is 22.5. The number of urea groups is 1. The molecule has 4 bridgehead atoms. The number of nitrogens with two attached hydrogens (primary N) is 1. The van der Waals surface area contributed by atoms with E-state index in [2.05, 4.69) is 87.4 Å². The predicted octanol–water partition coefficient (Wildman–Crippen LogP) is 9.22. The van der Waals surface area contributed by atoms with Gasteiger partial charge < -0.3 is 56.5 Å². The molecule has 26 heteroatoms. The van der Waals surface area contributed by atoms with Gasteiger partial charge in [-0.1, -0.05) is 63.3 Å². The average molecular weight is 1390 g/mol. The van der Waals surface area contributed by atoms with Gasteiger partial charge in [0.2, 0.25) is 17.7 Å². The minimum Gasteiger partial charge on any atom is -0.379 e. The highest BCUT2D eigenvalue weighted by atomic mass is 32.1. The Morgan fingerprint density at radius 1 is 0.790 bits per heavy atom. The zero-order chi connectivity index (χ0) is 70.7. The number of aromatic nitrogens is 6. The van der Waals surface area contributed by atoms with E-state index in [0.29, 0.717) is 42.6 Å². The molecule has 0 radical (unpaired) electrons. The molecule has 4 saturated carbocycles. The van der Waals surface area contributed by atoms with E-state index in [9.17, 15) is 33.6 Å². The second kappa shape index (κ2) is 29.5. The van der Waals surface area contributed by atoms with Gasteiger partial charge in [-0.25, -0.2) is 14.8 Å². The summed E-state index contributed by atoms with van der Waals surface area (Å²) in [6.45, 7) is 22.8. The van der Waals surface area contributed by atoms with Crippen LogP contribution in [0.15, 0.2) is 79.0 Å². The van der Waals surface area contributed by atoms with E-state index < -0.39 is 47.7 Å². The summed E-state index contributed by atoms with van der Waals surface area (Å²) in [5, 5.41) is 33.1. The number of primary amides is 1. The number of thiazole rings is 1. The number of pyridine rings is 1. The Balaban J connectivity index is 0.684.